The van der Waals surface area contributed by atoms with Crippen LogP contribution in [0.5, 0.6) is 11.5 Å². The number of esters is 1. The van der Waals surface area contributed by atoms with Crippen molar-refractivity contribution in [2.45, 2.75) is 39.0 Å². The SMILES string of the molecule is CCC(CC(=O)OC)(c1ccc(C)c(C)c1)c1ccc(OC)c(OC)c1. The quantitative estimate of drug-likeness (QED) is 0.681. The van der Waals surface area contributed by atoms with Crippen LogP contribution in [0.4, 0.5) is 0 Å². The van der Waals surface area contributed by atoms with Crippen molar-refractivity contribution in [1.82, 2.24) is 0 Å². The fourth-order valence-corrected chi connectivity index (χ4v) is 3.40. The van der Waals surface area contributed by atoms with Gasteiger partial charge in [-0.2, -0.15) is 0 Å². The first-order valence-electron chi connectivity index (χ1n) is 8.79. The molecule has 4 heteroatoms. The Bertz CT molecular complexity index is 782. The molecule has 0 spiro atoms. The second-order valence-electron chi connectivity index (χ2n) is 6.56. The summed E-state index contributed by atoms with van der Waals surface area (Å²) in [5, 5.41) is 0. The molecule has 2 aromatic carbocycles. The maximum absolute atomic E-state index is 12.3. The molecule has 0 bridgehead atoms. The van der Waals surface area contributed by atoms with Crippen LogP contribution in [0.15, 0.2) is 36.4 Å². The Kier molecular flexibility index (Phi) is 6.30. The van der Waals surface area contributed by atoms with Gasteiger partial charge in [-0.1, -0.05) is 31.2 Å². The molecular weight excluding hydrogens is 328 g/mol. The Morgan fingerprint density at radius 3 is 2.04 bits per heavy atom. The Morgan fingerprint density at radius 1 is 0.885 bits per heavy atom. The second kappa shape index (κ2) is 8.26. The van der Waals surface area contributed by atoms with Crippen molar-refractivity contribution in [2.75, 3.05) is 21.3 Å². The van der Waals surface area contributed by atoms with Crippen molar-refractivity contribution in [3.63, 3.8) is 0 Å². The van der Waals surface area contributed by atoms with Gasteiger partial charge in [0, 0.05) is 5.41 Å². The maximum Gasteiger partial charge on any atom is 0.306 e. The molecule has 4 nitrogen and oxygen atoms in total. The molecule has 1 atom stereocenters. The Labute approximate surface area is 156 Å². The van der Waals surface area contributed by atoms with Crippen molar-refractivity contribution in [1.29, 1.82) is 0 Å². The van der Waals surface area contributed by atoms with Gasteiger partial charge in [0.2, 0.25) is 0 Å². The number of rotatable bonds is 7. The molecular formula is C22H28O4. The summed E-state index contributed by atoms with van der Waals surface area (Å²) in [6.07, 6.45) is 1.01. The highest BCUT2D eigenvalue weighted by molar-refractivity contribution is 5.73. The van der Waals surface area contributed by atoms with E-state index >= 15 is 0 Å². The molecule has 0 N–H and O–H groups in total. The van der Waals surface area contributed by atoms with Gasteiger partial charge in [-0.25, -0.2) is 0 Å². The lowest BCUT2D eigenvalue weighted by molar-refractivity contribution is -0.141. The monoisotopic (exact) mass is 356 g/mol. The highest BCUT2D eigenvalue weighted by atomic mass is 16.5. The average molecular weight is 356 g/mol. The Morgan fingerprint density at radius 2 is 1.50 bits per heavy atom. The largest absolute Gasteiger partial charge is 0.493 e. The van der Waals surface area contributed by atoms with Crippen molar-refractivity contribution in [3.8, 4) is 11.5 Å². The molecule has 26 heavy (non-hydrogen) atoms. The Hall–Kier alpha value is -2.49. The predicted molar refractivity (Wildman–Crippen MR) is 103 cm³/mol. The number of ether oxygens (including phenoxy) is 3. The summed E-state index contributed by atoms with van der Waals surface area (Å²) in [6.45, 7) is 6.27. The minimum Gasteiger partial charge on any atom is -0.493 e. The fourth-order valence-electron chi connectivity index (χ4n) is 3.40. The van der Waals surface area contributed by atoms with Gasteiger partial charge in [-0.3, -0.25) is 4.79 Å². The van der Waals surface area contributed by atoms with E-state index in [9.17, 15) is 4.79 Å². The molecule has 0 radical (unpaired) electrons. The first-order valence-corrected chi connectivity index (χ1v) is 8.79. The zero-order valence-electron chi connectivity index (χ0n) is 16.5. The highest BCUT2D eigenvalue weighted by Crippen LogP contribution is 2.42. The number of carbonyl (C=O) groups excluding carboxylic acids is 1. The normalized spacial score (nSPS) is 13.0. The topological polar surface area (TPSA) is 44.8 Å². The molecule has 1 unspecified atom stereocenters. The van der Waals surface area contributed by atoms with Crippen LogP contribution in [-0.4, -0.2) is 27.3 Å². The molecule has 0 aliphatic carbocycles. The van der Waals surface area contributed by atoms with E-state index < -0.39 is 5.41 Å². The van der Waals surface area contributed by atoms with Crippen LogP contribution in [-0.2, 0) is 14.9 Å². The van der Waals surface area contributed by atoms with Crippen LogP contribution in [0.25, 0.3) is 0 Å². The van der Waals surface area contributed by atoms with Gasteiger partial charge in [0.05, 0.1) is 27.8 Å². The minimum absolute atomic E-state index is 0.236. The first kappa shape index (κ1) is 19.8. The first-order chi connectivity index (χ1) is 12.4. The van der Waals surface area contributed by atoms with Crippen LogP contribution < -0.4 is 9.47 Å². The van der Waals surface area contributed by atoms with Gasteiger partial charge in [0.15, 0.2) is 11.5 Å². The zero-order chi connectivity index (χ0) is 19.3. The molecule has 140 valence electrons. The van der Waals surface area contributed by atoms with Gasteiger partial charge in [0.1, 0.15) is 0 Å². The smallest absolute Gasteiger partial charge is 0.306 e. The third-order valence-corrected chi connectivity index (χ3v) is 5.27. The number of methoxy groups -OCH3 is 3. The predicted octanol–water partition coefficient (Wildman–Crippen LogP) is 4.58. The van der Waals surface area contributed by atoms with Crippen LogP contribution >= 0.6 is 0 Å². The standard InChI is InChI=1S/C22H28O4/c1-7-22(14-21(23)26-6,17-9-8-15(2)16(3)12-17)18-10-11-19(24-4)20(13-18)25-5/h8-13H,7,14H2,1-6H3. The van der Waals surface area contributed by atoms with E-state index in [2.05, 4.69) is 39.0 Å². The molecule has 2 rings (SSSR count). The van der Waals surface area contributed by atoms with Gasteiger partial charge in [-0.05, 0) is 54.7 Å². The molecule has 0 aliphatic rings. The van der Waals surface area contributed by atoms with E-state index in [1.165, 1.54) is 18.2 Å². The van der Waals surface area contributed by atoms with Crippen LogP contribution in [0, 0.1) is 13.8 Å². The lowest BCUT2D eigenvalue weighted by atomic mass is 9.69. The lowest BCUT2D eigenvalue weighted by Crippen LogP contribution is -2.31. The van der Waals surface area contributed by atoms with E-state index in [1.807, 2.05) is 18.2 Å². The lowest BCUT2D eigenvalue weighted by Gasteiger charge is -2.34. The van der Waals surface area contributed by atoms with E-state index in [-0.39, 0.29) is 12.4 Å². The van der Waals surface area contributed by atoms with Gasteiger partial charge >= 0.3 is 5.97 Å². The van der Waals surface area contributed by atoms with E-state index in [0.29, 0.717) is 11.5 Å². The van der Waals surface area contributed by atoms with E-state index in [4.69, 9.17) is 14.2 Å². The van der Waals surface area contributed by atoms with E-state index in [0.717, 1.165) is 17.5 Å². The third-order valence-electron chi connectivity index (χ3n) is 5.27. The molecule has 0 aliphatic heterocycles. The number of aryl methyl sites for hydroxylation is 2. The number of hydrogen-bond donors (Lipinski definition) is 0. The number of benzene rings is 2. The number of hydrogen-bond acceptors (Lipinski definition) is 4. The van der Waals surface area contributed by atoms with Crippen molar-refractivity contribution < 1.29 is 19.0 Å². The van der Waals surface area contributed by atoms with Crippen molar-refractivity contribution in [3.05, 3.63) is 58.7 Å². The summed E-state index contributed by atoms with van der Waals surface area (Å²) in [5.74, 6) is 1.08. The fraction of sp³-hybridized carbons (Fsp3) is 0.409. The summed E-state index contributed by atoms with van der Waals surface area (Å²) in [6, 6.07) is 12.2. The third kappa shape index (κ3) is 3.69. The van der Waals surface area contributed by atoms with Crippen LogP contribution in [0.3, 0.4) is 0 Å². The average Bonchev–Trinajstić information content (AvgIpc) is 2.67. The molecule has 0 amide bonds. The summed E-state index contributed by atoms with van der Waals surface area (Å²) in [7, 11) is 4.66. The summed E-state index contributed by atoms with van der Waals surface area (Å²) in [5.41, 5.74) is 4.03. The maximum atomic E-state index is 12.3. The molecule has 2 aromatic rings. The Balaban J connectivity index is 2.70. The second-order valence-corrected chi connectivity index (χ2v) is 6.56. The van der Waals surface area contributed by atoms with Gasteiger partial charge in [0.25, 0.3) is 0 Å². The zero-order valence-corrected chi connectivity index (χ0v) is 16.5. The van der Waals surface area contributed by atoms with Crippen LogP contribution in [0.2, 0.25) is 0 Å². The van der Waals surface area contributed by atoms with E-state index in [1.54, 1.807) is 14.2 Å². The van der Waals surface area contributed by atoms with Crippen molar-refractivity contribution in [2.24, 2.45) is 0 Å². The van der Waals surface area contributed by atoms with Crippen LogP contribution in [0.1, 0.15) is 42.0 Å². The van der Waals surface area contributed by atoms with Gasteiger partial charge < -0.3 is 14.2 Å². The molecule has 0 fully saturated rings. The van der Waals surface area contributed by atoms with Crippen molar-refractivity contribution >= 4 is 5.97 Å². The molecule has 0 heterocycles. The molecule has 0 aromatic heterocycles. The summed E-state index contributed by atoms with van der Waals surface area (Å²) < 4.78 is 15.9. The molecule has 0 saturated heterocycles. The minimum atomic E-state index is -0.495. The summed E-state index contributed by atoms with van der Waals surface area (Å²) >= 11 is 0. The highest BCUT2D eigenvalue weighted by Gasteiger charge is 2.36. The summed E-state index contributed by atoms with van der Waals surface area (Å²) in [4.78, 5) is 12.3. The van der Waals surface area contributed by atoms with Gasteiger partial charge in [-0.15, -0.1) is 0 Å². The number of carbonyl (C=O) groups is 1. The molecule has 0 saturated carbocycles.